The highest BCUT2D eigenvalue weighted by molar-refractivity contribution is 7.79. The highest BCUT2D eigenvalue weighted by Gasteiger charge is 2.24. The third kappa shape index (κ3) is 8.00. The van der Waals surface area contributed by atoms with Crippen LogP contribution in [0.2, 0.25) is 0 Å². The fourth-order valence-corrected chi connectivity index (χ4v) is 2.43. The number of hydrogen-bond donors (Lipinski definition) is 1. The van der Waals surface area contributed by atoms with Crippen LogP contribution in [0.3, 0.4) is 0 Å². The molecule has 0 saturated heterocycles. The van der Waals surface area contributed by atoms with Crippen LogP contribution in [0.1, 0.15) is 72.6 Å². The maximum Gasteiger partial charge on any atom is 0.0517 e. The molecular weight excluding hydrogens is 322 g/mol. The summed E-state index contributed by atoms with van der Waals surface area (Å²) in [5.74, 6) is 0. The Labute approximate surface area is 163 Å². The highest BCUT2D eigenvalue weighted by atomic mass is 32.1. The first kappa shape index (κ1) is 28.4. The summed E-state index contributed by atoms with van der Waals surface area (Å²) in [5.41, 5.74) is 5.15. The SMILES string of the molecule is C=CC1=C(/C=C\C)N(C)C(C)c2ccccc21.CC.CC.CC.CS. The zero-order valence-electron chi connectivity index (χ0n) is 18.2. The Morgan fingerprint density at radius 1 is 1.00 bits per heavy atom. The molecule has 1 heterocycles. The van der Waals surface area contributed by atoms with Gasteiger partial charge in [0.15, 0.2) is 0 Å². The molecule has 1 aliphatic rings. The van der Waals surface area contributed by atoms with Gasteiger partial charge in [-0.1, -0.05) is 84.5 Å². The molecule has 0 radical (unpaired) electrons. The van der Waals surface area contributed by atoms with Gasteiger partial charge in [-0.15, -0.1) is 0 Å². The molecule has 0 aromatic heterocycles. The lowest BCUT2D eigenvalue weighted by Crippen LogP contribution is -2.26. The van der Waals surface area contributed by atoms with E-state index in [4.69, 9.17) is 0 Å². The molecule has 1 atom stereocenters. The summed E-state index contributed by atoms with van der Waals surface area (Å²) in [7, 11) is 2.14. The highest BCUT2D eigenvalue weighted by Crippen LogP contribution is 2.38. The average Bonchev–Trinajstić information content (AvgIpc) is 2.72. The minimum absolute atomic E-state index is 0.404. The van der Waals surface area contributed by atoms with Crippen molar-refractivity contribution < 1.29 is 0 Å². The van der Waals surface area contributed by atoms with E-state index < -0.39 is 0 Å². The summed E-state index contributed by atoms with van der Waals surface area (Å²) < 4.78 is 0. The summed E-state index contributed by atoms with van der Waals surface area (Å²) in [6, 6.07) is 8.98. The minimum atomic E-state index is 0.404. The molecule has 25 heavy (non-hydrogen) atoms. The molecule has 0 fully saturated rings. The van der Waals surface area contributed by atoms with Gasteiger partial charge in [-0.2, -0.15) is 12.6 Å². The second-order valence-electron chi connectivity index (χ2n) is 4.38. The fraction of sp³-hybridized carbons (Fsp3) is 0.478. The first-order chi connectivity index (χ1) is 12.2. The van der Waals surface area contributed by atoms with Crippen molar-refractivity contribution in [3.63, 3.8) is 0 Å². The van der Waals surface area contributed by atoms with Crippen molar-refractivity contribution in [2.75, 3.05) is 13.3 Å². The Morgan fingerprint density at radius 2 is 1.48 bits per heavy atom. The van der Waals surface area contributed by atoms with Gasteiger partial charge >= 0.3 is 0 Å². The van der Waals surface area contributed by atoms with Gasteiger partial charge in [0.1, 0.15) is 0 Å². The maximum absolute atomic E-state index is 3.96. The van der Waals surface area contributed by atoms with Crippen LogP contribution in [0.5, 0.6) is 0 Å². The van der Waals surface area contributed by atoms with Crippen molar-refractivity contribution in [2.45, 2.75) is 61.4 Å². The lowest BCUT2D eigenvalue weighted by molar-refractivity contribution is 0.336. The molecule has 1 nitrogen and oxygen atoms in total. The molecule has 1 aromatic rings. The number of rotatable bonds is 2. The molecule has 0 N–H and O–H groups in total. The number of thiol groups is 1. The second-order valence-corrected chi connectivity index (χ2v) is 4.38. The summed E-state index contributed by atoms with van der Waals surface area (Å²) in [6.07, 6.45) is 7.88. The predicted molar refractivity (Wildman–Crippen MR) is 124 cm³/mol. The van der Waals surface area contributed by atoms with Crippen LogP contribution in [-0.4, -0.2) is 18.2 Å². The van der Waals surface area contributed by atoms with Crippen LogP contribution in [0.15, 0.2) is 54.8 Å². The van der Waals surface area contributed by atoms with Crippen molar-refractivity contribution in [3.05, 3.63) is 65.9 Å². The van der Waals surface area contributed by atoms with Crippen molar-refractivity contribution in [1.29, 1.82) is 0 Å². The molecule has 0 aliphatic carbocycles. The van der Waals surface area contributed by atoms with Gasteiger partial charge in [-0.25, -0.2) is 0 Å². The zero-order chi connectivity index (χ0) is 20.4. The van der Waals surface area contributed by atoms with Gasteiger partial charge in [-0.05, 0) is 37.3 Å². The summed E-state index contributed by atoms with van der Waals surface area (Å²) in [5, 5.41) is 0. The van der Waals surface area contributed by atoms with E-state index in [9.17, 15) is 0 Å². The van der Waals surface area contributed by atoms with E-state index in [0.29, 0.717) is 6.04 Å². The molecule has 0 amide bonds. The van der Waals surface area contributed by atoms with Gasteiger partial charge in [0.25, 0.3) is 0 Å². The number of nitrogens with zero attached hydrogens (tertiary/aromatic N) is 1. The summed E-state index contributed by atoms with van der Waals surface area (Å²) >= 11 is 3.53. The molecule has 144 valence electrons. The lowest BCUT2D eigenvalue weighted by Gasteiger charge is -2.36. The van der Waals surface area contributed by atoms with Gasteiger partial charge in [0.2, 0.25) is 0 Å². The average molecular weight is 364 g/mol. The number of allylic oxidation sites excluding steroid dienone is 4. The van der Waals surface area contributed by atoms with Crippen molar-refractivity contribution in [3.8, 4) is 0 Å². The second kappa shape index (κ2) is 18.9. The van der Waals surface area contributed by atoms with Crippen LogP contribution in [0.25, 0.3) is 5.57 Å². The normalized spacial score (nSPS) is 14.4. The van der Waals surface area contributed by atoms with Crippen LogP contribution in [-0.2, 0) is 0 Å². The molecular formula is C23H41NS. The quantitative estimate of drug-likeness (QED) is 0.525. The fourth-order valence-electron chi connectivity index (χ4n) is 2.43. The number of benzene rings is 1. The summed E-state index contributed by atoms with van der Waals surface area (Å²) in [6.45, 7) is 20.2. The Morgan fingerprint density at radius 3 is 1.92 bits per heavy atom. The Hall–Kier alpha value is -1.41. The van der Waals surface area contributed by atoms with Crippen molar-refractivity contribution in [1.82, 2.24) is 4.90 Å². The van der Waals surface area contributed by atoms with Crippen molar-refractivity contribution in [2.24, 2.45) is 0 Å². The maximum atomic E-state index is 3.96. The zero-order valence-corrected chi connectivity index (χ0v) is 19.1. The molecule has 1 unspecified atom stereocenters. The van der Waals surface area contributed by atoms with Crippen LogP contribution < -0.4 is 0 Å². The van der Waals surface area contributed by atoms with Crippen LogP contribution in [0, 0.1) is 0 Å². The molecule has 1 aromatic carbocycles. The minimum Gasteiger partial charge on any atom is -0.367 e. The Balaban J connectivity index is -0.000000533. The summed E-state index contributed by atoms with van der Waals surface area (Å²) in [4.78, 5) is 2.30. The van der Waals surface area contributed by atoms with Crippen molar-refractivity contribution >= 4 is 18.2 Å². The standard InChI is InChI=1S/C16H19N.3C2H6.CH4S/c1-5-9-16-13(6-2)15-11-8-7-10-14(15)12(3)17(16)4;4*1-2/h5-12H,2H2,1,3-4H3;3*1-2H3;2H,1H3/b9-5-;;;;. The van der Waals surface area contributed by atoms with Gasteiger partial charge in [0, 0.05) is 18.3 Å². The molecule has 1 aliphatic heterocycles. The first-order valence-corrected chi connectivity index (χ1v) is 10.4. The number of likely N-dealkylation sites (N-methyl/N-ethyl adjacent to an activating group) is 1. The number of hydrogen-bond acceptors (Lipinski definition) is 2. The Kier molecular flexibility index (Phi) is 21.5. The third-order valence-electron chi connectivity index (χ3n) is 3.47. The molecule has 0 saturated carbocycles. The first-order valence-electron chi connectivity index (χ1n) is 9.47. The largest absolute Gasteiger partial charge is 0.367 e. The monoisotopic (exact) mass is 363 g/mol. The molecule has 2 heteroatoms. The van der Waals surface area contributed by atoms with Gasteiger partial charge in [0.05, 0.1) is 6.04 Å². The van der Waals surface area contributed by atoms with E-state index in [1.165, 1.54) is 22.4 Å². The van der Waals surface area contributed by atoms with Crippen LogP contribution in [0.4, 0.5) is 0 Å². The lowest BCUT2D eigenvalue weighted by atomic mass is 9.89. The van der Waals surface area contributed by atoms with E-state index in [0.717, 1.165) is 0 Å². The molecule has 0 bridgehead atoms. The van der Waals surface area contributed by atoms with Gasteiger partial charge < -0.3 is 4.90 Å². The van der Waals surface area contributed by atoms with Crippen LogP contribution >= 0.6 is 12.6 Å². The topological polar surface area (TPSA) is 3.24 Å². The van der Waals surface area contributed by atoms with Gasteiger partial charge in [-0.3, -0.25) is 0 Å². The Bertz CT molecular complexity index is 501. The third-order valence-corrected chi connectivity index (χ3v) is 3.47. The molecule has 0 spiro atoms. The predicted octanol–water partition coefficient (Wildman–Crippen LogP) is 7.79. The van der Waals surface area contributed by atoms with E-state index in [1.807, 2.05) is 54.5 Å². The number of fused-ring (bicyclic) bond motifs is 1. The molecule has 2 rings (SSSR count). The van der Waals surface area contributed by atoms with E-state index in [2.05, 4.69) is 74.5 Å². The smallest absolute Gasteiger partial charge is 0.0517 e. The van der Waals surface area contributed by atoms with E-state index >= 15 is 0 Å². The van der Waals surface area contributed by atoms with E-state index in [-0.39, 0.29) is 0 Å². The van der Waals surface area contributed by atoms with E-state index in [1.54, 1.807) is 6.26 Å².